The van der Waals surface area contributed by atoms with Crippen molar-refractivity contribution in [1.82, 2.24) is 10.2 Å². The van der Waals surface area contributed by atoms with Gasteiger partial charge in [0.15, 0.2) is 11.5 Å². The molecule has 6 nitrogen and oxygen atoms in total. The van der Waals surface area contributed by atoms with Crippen LogP contribution in [0.25, 0.3) is 0 Å². The summed E-state index contributed by atoms with van der Waals surface area (Å²) in [5.41, 5.74) is 0.615. The number of benzene rings is 1. The minimum Gasteiger partial charge on any atom is -0.490 e. The van der Waals surface area contributed by atoms with Gasteiger partial charge >= 0.3 is 0 Å². The quantitative estimate of drug-likeness (QED) is 0.756. The van der Waals surface area contributed by atoms with Crippen LogP contribution in [0, 0.1) is 0 Å². The molecule has 0 saturated carbocycles. The lowest BCUT2D eigenvalue weighted by molar-refractivity contribution is 0.0613. The van der Waals surface area contributed by atoms with Gasteiger partial charge in [0, 0.05) is 37.8 Å². The van der Waals surface area contributed by atoms with E-state index < -0.39 is 0 Å². The van der Waals surface area contributed by atoms with E-state index in [9.17, 15) is 4.79 Å². The van der Waals surface area contributed by atoms with Crippen molar-refractivity contribution in [3.8, 4) is 11.5 Å². The molecule has 2 aliphatic rings. The van der Waals surface area contributed by atoms with Gasteiger partial charge in [0.2, 0.25) is 0 Å². The molecule has 0 unspecified atom stereocenters. The van der Waals surface area contributed by atoms with Gasteiger partial charge in [-0.1, -0.05) is 0 Å². The van der Waals surface area contributed by atoms with Crippen LogP contribution in [0.2, 0.25) is 0 Å². The summed E-state index contributed by atoms with van der Waals surface area (Å²) in [6.45, 7) is 8.91. The monoisotopic (exact) mass is 376 g/mol. The number of piperidine rings is 1. The number of likely N-dealkylation sites (tertiary alicyclic amines) is 1. The third kappa shape index (κ3) is 5.59. The molecule has 1 aromatic carbocycles. The number of amides is 1. The van der Waals surface area contributed by atoms with E-state index in [1.54, 1.807) is 12.1 Å². The Bertz CT molecular complexity index is 608. The first-order chi connectivity index (χ1) is 13.2. The maximum Gasteiger partial charge on any atom is 0.251 e. The van der Waals surface area contributed by atoms with Crippen LogP contribution >= 0.6 is 0 Å². The molecule has 150 valence electrons. The van der Waals surface area contributed by atoms with Crippen molar-refractivity contribution >= 4 is 5.91 Å². The molecule has 1 N–H and O–H groups in total. The summed E-state index contributed by atoms with van der Waals surface area (Å²) in [7, 11) is 0. The molecule has 3 rings (SSSR count). The average Bonchev–Trinajstić information content (AvgIpc) is 3.18. The highest BCUT2D eigenvalue weighted by Crippen LogP contribution is 2.28. The van der Waals surface area contributed by atoms with Crippen LogP contribution < -0.4 is 14.8 Å². The second kappa shape index (κ2) is 9.95. The zero-order valence-electron chi connectivity index (χ0n) is 16.5. The van der Waals surface area contributed by atoms with Crippen molar-refractivity contribution in [3.05, 3.63) is 23.8 Å². The third-order valence-electron chi connectivity index (χ3n) is 5.21. The number of nitrogens with one attached hydrogen (secondary N) is 1. The number of ether oxygens (including phenoxy) is 3. The van der Waals surface area contributed by atoms with Gasteiger partial charge in [-0.15, -0.1) is 0 Å². The van der Waals surface area contributed by atoms with Crippen molar-refractivity contribution in [2.24, 2.45) is 0 Å². The number of carbonyl (C=O) groups excluding carboxylic acids is 1. The lowest BCUT2D eigenvalue weighted by Crippen LogP contribution is -2.46. The van der Waals surface area contributed by atoms with Gasteiger partial charge in [-0.25, -0.2) is 0 Å². The van der Waals surface area contributed by atoms with E-state index in [1.165, 1.54) is 12.8 Å². The number of hydrogen-bond donors (Lipinski definition) is 1. The van der Waals surface area contributed by atoms with E-state index in [0.717, 1.165) is 39.1 Å². The minimum atomic E-state index is -0.0448. The predicted molar refractivity (Wildman–Crippen MR) is 105 cm³/mol. The fourth-order valence-corrected chi connectivity index (χ4v) is 3.80. The first-order valence-corrected chi connectivity index (χ1v) is 10.2. The van der Waals surface area contributed by atoms with Crippen molar-refractivity contribution in [2.75, 3.05) is 39.5 Å². The van der Waals surface area contributed by atoms with Gasteiger partial charge in [-0.3, -0.25) is 4.79 Å². The summed E-state index contributed by atoms with van der Waals surface area (Å²) in [5, 5.41) is 3.18. The third-order valence-corrected chi connectivity index (χ3v) is 5.21. The Morgan fingerprint density at radius 2 is 1.89 bits per heavy atom. The van der Waals surface area contributed by atoms with Crippen molar-refractivity contribution in [1.29, 1.82) is 0 Å². The Hall–Kier alpha value is -1.79. The summed E-state index contributed by atoms with van der Waals surface area (Å²) in [4.78, 5) is 15.1. The Morgan fingerprint density at radius 1 is 1.15 bits per heavy atom. The van der Waals surface area contributed by atoms with Crippen LogP contribution in [-0.4, -0.2) is 62.4 Å². The Balaban J connectivity index is 1.50. The second-order valence-corrected chi connectivity index (χ2v) is 7.21. The topological polar surface area (TPSA) is 60.0 Å². The Kier molecular flexibility index (Phi) is 7.35. The molecule has 2 saturated heterocycles. The lowest BCUT2D eigenvalue weighted by Gasteiger charge is -2.33. The average molecular weight is 376 g/mol. The molecule has 1 amide bonds. The predicted octanol–water partition coefficient (Wildman–Crippen LogP) is 2.86. The summed E-state index contributed by atoms with van der Waals surface area (Å²) in [6.07, 6.45) is 4.72. The number of hydrogen-bond acceptors (Lipinski definition) is 5. The highest BCUT2D eigenvalue weighted by atomic mass is 16.5. The second-order valence-electron chi connectivity index (χ2n) is 7.21. The van der Waals surface area contributed by atoms with Crippen LogP contribution in [0.1, 0.15) is 49.9 Å². The van der Waals surface area contributed by atoms with Gasteiger partial charge in [-0.2, -0.15) is 0 Å². The number of rotatable bonds is 8. The summed E-state index contributed by atoms with van der Waals surface area (Å²) < 4.78 is 16.9. The van der Waals surface area contributed by atoms with E-state index >= 15 is 0 Å². The van der Waals surface area contributed by atoms with Crippen LogP contribution in [0.4, 0.5) is 0 Å². The number of nitrogens with zero attached hydrogens (tertiary/aromatic N) is 1. The molecule has 1 aromatic rings. The van der Waals surface area contributed by atoms with Crippen LogP contribution in [0.5, 0.6) is 11.5 Å². The highest BCUT2D eigenvalue weighted by Gasteiger charge is 2.25. The van der Waals surface area contributed by atoms with E-state index in [-0.39, 0.29) is 11.9 Å². The minimum absolute atomic E-state index is 0.0448. The SMILES string of the molecule is CCOc1ccc(C(=O)NC2CCN(C[C@@H]3CCCO3)CC2)cc1OCC. The van der Waals surface area contributed by atoms with Crippen LogP contribution in [-0.2, 0) is 4.74 Å². The fourth-order valence-electron chi connectivity index (χ4n) is 3.80. The maximum absolute atomic E-state index is 12.7. The summed E-state index contributed by atoms with van der Waals surface area (Å²) >= 11 is 0. The smallest absolute Gasteiger partial charge is 0.251 e. The zero-order valence-corrected chi connectivity index (χ0v) is 16.5. The van der Waals surface area contributed by atoms with Crippen molar-refractivity contribution < 1.29 is 19.0 Å². The molecule has 0 spiro atoms. The molecule has 0 radical (unpaired) electrons. The Morgan fingerprint density at radius 3 is 2.56 bits per heavy atom. The zero-order chi connectivity index (χ0) is 19.1. The first kappa shape index (κ1) is 20.0. The standard InChI is InChI=1S/C21H32N2O4/c1-3-25-19-8-7-16(14-20(19)26-4-2)21(24)22-17-9-11-23(12-10-17)15-18-6-5-13-27-18/h7-8,14,17-18H,3-6,9-13,15H2,1-2H3,(H,22,24)/t18-/m0/s1. The maximum atomic E-state index is 12.7. The molecule has 6 heteroatoms. The first-order valence-electron chi connectivity index (χ1n) is 10.2. The number of carbonyl (C=O) groups is 1. The highest BCUT2D eigenvalue weighted by molar-refractivity contribution is 5.95. The molecule has 2 aliphatic heterocycles. The Labute approximate surface area is 162 Å². The largest absolute Gasteiger partial charge is 0.490 e. The molecular weight excluding hydrogens is 344 g/mol. The van der Waals surface area contributed by atoms with Crippen LogP contribution in [0.15, 0.2) is 18.2 Å². The van der Waals surface area contributed by atoms with Crippen LogP contribution in [0.3, 0.4) is 0 Å². The van der Waals surface area contributed by atoms with E-state index in [4.69, 9.17) is 14.2 Å². The molecule has 0 bridgehead atoms. The van der Waals surface area contributed by atoms with Gasteiger partial charge in [0.05, 0.1) is 19.3 Å². The van der Waals surface area contributed by atoms with Gasteiger partial charge < -0.3 is 24.4 Å². The van der Waals surface area contributed by atoms with Crippen molar-refractivity contribution in [3.63, 3.8) is 0 Å². The molecule has 0 aromatic heterocycles. The summed E-state index contributed by atoms with van der Waals surface area (Å²) in [5.74, 6) is 1.26. The van der Waals surface area contributed by atoms with E-state index in [1.807, 2.05) is 19.9 Å². The normalized spacial score (nSPS) is 21.2. The van der Waals surface area contributed by atoms with Gasteiger partial charge in [0.25, 0.3) is 5.91 Å². The summed E-state index contributed by atoms with van der Waals surface area (Å²) in [6, 6.07) is 5.61. The molecular formula is C21H32N2O4. The van der Waals surface area contributed by atoms with E-state index in [2.05, 4.69) is 10.2 Å². The van der Waals surface area contributed by atoms with E-state index in [0.29, 0.717) is 36.4 Å². The fraction of sp³-hybridized carbons (Fsp3) is 0.667. The van der Waals surface area contributed by atoms with Gasteiger partial charge in [-0.05, 0) is 57.7 Å². The molecule has 1 atom stereocenters. The molecule has 0 aliphatic carbocycles. The van der Waals surface area contributed by atoms with Crippen molar-refractivity contribution in [2.45, 2.75) is 51.7 Å². The molecule has 27 heavy (non-hydrogen) atoms. The molecule has 2 fully saturated rings. The van der Waals surface area contributed by atoms with Gasteiger partial charge in [0.1, 0.15) is 0 Å². The lowest BCUT2D eigenvalue weighted by atomic mass is 10.0. The molecule has 2 heterocycles.